The first-order valence-electron chi connectivity index (χ1n) is 9.28. The zero-order valence-electron chi connectivity index (χ0n) is 15.1. The van der Waals surface area contributed by atoms with E-state index in [4.69, 9.17) is 0 Å². The minimum atomic E-state index is -0.192. The Bertz CT molecular complexity index is 1120. The molecule has 1 aliphatic rings. The van der Waals surface area contributed by atoms with Gasteiger partial charge in [0.1, 0.15) is 0 Å². The number of H-pyrrole nitrogens is 1. The number of carbonyl (C=O) groups excluding carboxylic acids is 1. The van der Waals surface area contributed by atoms with E-state index in [1.54, 1.807) is 18.0 Å². The van der Waals surface area contributed by atoms with Gasteiger partial charge in [0.2, 0.25) is 0 Å². The summed E-state index contributed by atoms with van der Waals surface area (Å²) in [5, 5.41) is 4.54. The summed E-state index contributed by atoms with van der Waals surface area (Å²) < 4.78 is 0. The standard InChI is InChI=1S/C23H19N3OS/c27-22(21-14-28-23(26-21)17-7-4-10-24-12-17)19-13-25-20-11-16(8-9-18(19)20)15-5-2-1-3-6-15/h1-13,21,23,25-26H,14H2/t21-,23-/m0/s1. The van der Waals surface area contributed by atoms with Gasteiger partial charge in [0.25, 0.3) is 0 Å². The third-order valence-electron chi connectivity index (χ3n) is 5.14. The Labute approximate surface area is 167 Å². The van der Waals surface area contributed by atoms with E-state index in [9.17, 15) is 4.79 Å². The minimum absolute atomic E-state index is 0.109. The number of benzene rings is 2. The fourth-order valence-electron chi connectivity index (χ4n) is 3.67. The van der Waals surface area contributed by atoms with Crippen LogP contribution in [0.25, 0.3) is 22.0 Å². The van der Waals surface area contributed by atoms with Gasteiger partial charge in [-0.25, -0.2) is 0 Å². The van der Waals surface area contributed by atoms with Crippen LogP contribution >= 0.6 is 11.8 Å². The van der Waals surface area contributed by atoms with Crippen LogP contribution in [0.15, 0.2) is 79.3 Å². The van der Waals surface area contributed by atoms with Crippen molar-refractivity contribution in [3.8, 4) is 11.1 Å². The minimum Gasteiger partial charge on any atom is -0.360 e. The van der Waals surface area contributed by atoms with Crippen LogP contribution in [0.2, 0.25) is 0 Å². The summed E-state index contributed by atoms with van der Waals surface area (Å²) in [7, 11) is 0. The van der Waals surface area contributed by atoms with Crippen LogP contribution in [0.3, 0.4) is 0 Å². The van der Waals surface area contributed by atoms with Crippen molar-refractivity contribution >= 4 is 28.4 Å². The van der Waals surface area contributed by atoms with Crippen LogP contribution in [-0.4, -0.2) is 27.5 Å². The van der Waals surface area contributed by atoms with Crippen molar-refractivity contribution in [2.24, 2.45) is 0 Å². The molecule has 0 radical (unpaired) electrons. The quantitative estimate of drug-likeness (QED) is 0.495. The summed E-state index contributed by atoms with van der Waals surface area (Å²) in [4.78, 5) is 20.6. The molecule has 2 aromatic carbocycles. The van der Waals surface area contributed by atoms with E-state index in [1.165, 1.54) is 5.56 Å². The number of Topliss-reactive ketones (excluding diaryl/α,β-unsaturated/α-hetero) is 1. The van der Waals surface area contributed by atoms with E-state index < -0.39 is 0 Å². The number of pyridine rings is 1. The molecule has 4 nitrogen and oxygen atoms in total. The highest BCUT2D eigenvalue weighted by molar-refractivity contribution is 7.99. The first-order valence-corrected chi connectivity index (χ1v) is 10.3. The molecule has 1 fully saturated rings. The molecular weight excluding hydrogens is 366 g/mol. The molecule has 28 heavy (non-hydrogen) atoms. The molecule has 0 unspecified atom stereocenters. The van der Waals surface area contributed by atoms with E-state index >= 15 is 0 Å². The van der Waals surface area contributed by atoms with Crippen LogP contribution in [0.1, 0.15) is 21.3 Å². The average Bonchev–Trinajstić information content (AvgIpc) is 3.42. The maximum atomic E-state index is 13.1. The summed E-state index contributed by atoms with van der Waals surface area (Å²) in [6.07, 6.45) is 5.46. The van der Waals surface area contributed by atoms with Gasteiger partial charge in [-0.15, -0.1) is 11.8 Å². The Morgan fingerprint density at radius 2 is 1.93 bits per heavy atom. The van der Waals surface area contributed by atoms with Crippen LogP contribution in [0, 0.1) is 0 Å². The fraction of sp³-hybridized carbons (Fsp3) is 0.130. The lowest BCUT2D eigenvalue weighted by Crippen LogP contribution is -2.34. The van der Waals surface area contributed by atoms with Crippen LogP contribution in [0.5, 0.6) is 0 Å². The maximum Gasteiger partial charge on any atom is 0.182 e. The summed E-state index contributed by atoms with van der Waals surface area (Å²) >= 11 is 1.75. The number of thioether (sulfide) groups is 1. The van der Waals surface area contributed by atoms with E-state index in [2.05, 4.69) is 39.6 Å². The van der Waals surface area contributed by atoms with Crippen LogP contribution in [-0.2, 0) is 0 Å². The van der Waals surface area contributed by atoms with Gasteiger partial charge < -0.3 is 4.98 Å². The van der Waals surface area contributed by atoms with E-state index in [1.807, 2.05) is 48.8 Å². The second-order valence-corrected chi connectivity index (χ2v) is 8.05. The number of nitrogens with zero attached hydrogens (tertiary/aromatic N) is 1. The van der Waals surface area contributed by atoms with Gasteiger partial charge in [-0.2, -0.15) is 0 Å². The number of ketones is 1. The summed E-state index contributed by atoms with van der Waals surface area (Å²) in [5.74, 6) is 0.894. The third-order valence-corrected chi connectivity index (χ3v) is 6.41. The van der Waals surface area contributed by atoms with Crippen LogP contribution in [0.4, 0.5) is 0 Å². The maximum absolute atomic E-state index is 13.1. The Hall–Kier alpha value is -2.89. The fourth-order valence-corrected chi connectivity index (χ4v) is 4.90. The molecule has 3 heterocycles. The lowest BCUT2D eigenvalue weighted by atomic mass is 10.0. The molecule has 138 valence electrons. The molecule has 4 aromatic rings. The molecule has 5 rings (SSSR count). The normalized spacial score (nSPS) is 19.1. The first-order chi connectivity index (χ1) is 13.8. The highest BCUT2D eigenvalue weighted by Gasteiger charge is 2.32. The number of hydrogen-bond acceptors (Lipinski definition) is 4. The zero-order chi connectivity index (χ0) is 18.9. The Morgan fingerprint density at radius 1 is 1.04 bits per heavy atom. The lowest BCUT2D eigenvalue weighted by Gasteiger charge is -2.12. The molecule has 2 N–H and O–H groups in total. The summed E-state index contributed by atoms with van der Waals surface area (Å²) in [6.45, 7) is 0. The van der Waals surface area contributed by atoms with Crippen molar-refractivity contribution in [1.82, 2.24) is 15.3 Å². The SMILES string of the molecule is O=C(c1c[nH]c2cc(-c3ccccc3)ccc12)[C@@H]1CS[C@@H](c2cccnc2)N1. The van der Waals surface area contributed by atoms with Gasteiger partial charge in [-0.1, -0.05) is 48.5 Å². The molecule has 5 heteroatoms. The van der Waals surface area contributed by atoms with Crippen molar-refractivity contribution in [1.29, 1.82) is 0 Å². The van der Waals surface area contributed by atoms with E-state index in [0.717, 1.165) is 33.3 Å². The topological polar surface area (TPSA) is 57.8 Å². The third kappa shape index (κ3) is 3.13. The van der Waals surface area contributed by atoms with Gasteiger partial charge in [-0.3, -0.25) is 15.1 Å². The van der Waals surface area contributed by atoms with Crippen LogP contribution < -0.4 is 5.32 Å². The number of aromatic amines is 1. The van der Waals surface area contributed by atoms with Crippen molar-refractivity contribution in [3.63, 3.8) is 0 Å². The molecule has 1 saturated heterocycles. The predicted octanol–water partition coefficient (Wildman–Crippen LogP) is 4.82. The molecule has 0 amide bonds. The Morgan fingerprint density at radius 3 is 2.75 bits per heavy atom. The van der Waals surface area contributed by atoms with Crippen molar-refractivity contribution < 1.29 is 4.79 Å². The molecule has 0 bridgehead atoms. The summed E-state index contributed by atoms with van der Waals surface area (Å²) in [5.41, 5.74) is 5.15. The van der Waals surface area contributed by atoms with Gasteiger partial charge in [0.05, 0.1) is 11.4 Å². The van der Waals surface area contributed by atoms with Gasteiger partial charge in [0, 0.05) is 40.8 Å². The first kappa shape index (κ1) is 17.2. The number of hydrogen-bond donors (Lipinski definition) is 2. The number of nitrogens with one attached hydrogen (secondary N) is 2. The van der Waals surface area contributed by atoms with Gasteiger partial charge in [0.15, 0.2) is 5.78 Å². The van der Waals surface area contributed by atoms with Gasteiger partial charge >= 0.3 is 0 Å². The van der Waals surface area contributed by atoms with Crippen molar-refractivity contribution in [2.45, 2.75) is 11.4 Å². The van der Waals surface area contributed by atoms with E-state index in [0.29, 0.717) is 0 Å². The molecule has 0 spiro atoms. The highest BCUT2D eigenvalue weighted by atomic mass is 32.2. The molecule has 1 aliphatic heterocycles. The summed E-state index contributed by atoms with van der Waals surface area (Å²) in [6, 6.07) is 20.3. The largest absolute Gasteiger partial charge is 0.360 e. The molecular formula is C23H19N3OS. The zero-order valence-corrected chi connectivity index (χ0v) is 15.9. The molecule has 2 aromatic heterocycles. The second-order valence-electron chi connectivity index (χ2n) is 6.91. The molecule has 0 aliphatic carbocycles. The second kappa shape index (κ2) is 7.26. The molecule has 0 saturated carbocycles. The molecule has 2 atom stereocenters. The van der Waals surface area contributed by atoms with E-state index in [-0.39, 0.29) is 17.2 Å². The van der Waals surface area contributed by atoms with Gasteiger partial charge in [-0.05, 0) is 28.8 Å². The average molecular weight is 385 g/mol. The number of rotatable bonds is 4. The Balaban J connectivity index is 1.40. The number of carbonyl (C=O) groups is 1. The predicted molar refractivity (Wildman–Crippen MR) is 114 cm³/mol. The van der Waals surface area contributed by atoms with Crippen molar-refractivity contribution in [3.05, 3.63) is 90.4 Å². The van der Waals surface area contributed by atoms with Crippen molar-refractivity contribution in [2.75, 3.05) is 5.75 Å². The smallest absolute Gasteiger partial charge is 0.182 e. The monoisotopic (exact) mass is 385 g/mol. The Kier molecular flexibility index (Phi) is 4.47. The lowest BCUT2D eigenvalue weighted by molar-refractivity contribution is 0.0957. The highest BCUT2D eigenvalue weighted by Crippen LogP contribution is 2.34. The number of fused-ring (bicyclic) bond motifs is 1. The number of aromatic nitrogens is 2.